The summed E-state index contributed by atoms with van der Waals surface area (Å²) in [5.41, 5.74) is 9.06. The highest BCUT2D eigenvalue weighted by molar-refractivity contribution is 6.27. The molecule has 0 fully saturated rings. The third kappa shape index (κ3) is 3.04. The molecule has 44 heavy (non-hydrogen) atoms. The number of benzene rings is 8. The van der Waals surface area contributed by atoms with Crippen LogP contribution in [0.3, 0.4) is 0 Å². The van der Waals surface area contributed by atoms with E-state index in [4.69, 9.17) is 9.97 Å². The average Bonchev–Trinajstić information content (AvgIpc) is 3.06. The van der Waals surface area contributed by atoms with Crippen LogP contribution in [0.4, 0.5) is 0 Å². The Hall–Kier alpha value is -5.60. The SMILES string of the molecule is Cc1nc2c(-c3ccc(-c4ccc5ccc6cccc7ccc4c5c67)c4ccccc34)ccc3c(C)nc4cccc1c4c32. The van der Waals surface area contributed by atoms with E-state index in [2.05, 4.69) is 135 Å². The first-order valence-electron chi connectivity index (χ1n) is 15.3. The lowest BCUT2D eigenvalue weighted by molar-refractivity contribution is 1.26. The van der Waals surface area contributed by atoms with E-state index in [1.54, 1.807) is 0 Å². The van der Waals surface area contributed by atoms with E-state index in [0.717, 1.165) is 28.0 Å². The van der Waals surface area contributed by atoms with E-state index in [-0.39, 0.29) is 0 Å². The third-order valence-corrected chi connectivity index (χ3v) is 9.85. The molecule has 0 bridgehead atoms. The molecule has 0 N–H and O–H groups in total. The van der Waals surface area contributed by atoms with Crippen LogP contribution in [0.2, 0.25) is 0 Å². The van der Waals surface area contributed by atoms with Crippen molar-refractivity contribution in [3.63, 3.8) is 0 Å². The van der Waals surface area contributed by atoms with Crippen LogP contribution in [-0.2, 0) is 0 Å². The second-order valence-corrected chi connectivity index (χ2v) is 12.2. The molecule has 8 aromatic carbocycles. The Bertz CT molecular complexity index is 2770. The number of fused-ring (bicyclic) bond motifs is 1. The molecule has 204 valence electrons. The number of hydrogen-bond acceptors (Lipinski definition) is 2. The standard InChI is InChI=1S/C42H26N2/c1-23-29-19-22-36(42-41(29)40-28(24(2)44-42)11-6-12-37(40)43-23)34-21-20-32(30-9-3-4-10-31(30)34)33-17-15-27-14-13-25-7-5-8-26-16-18-35(33)39(27)38(25)26/h3-22H,1-2H3. The van der Waals surface area contributed by atoms with Crippen molar-refractivity contribution in [3.05, 3.63) is 133 Å². The maximum atomic E-state index is 5.27. The van der Waals surface area contributed by atoms with Gasteiger partial charge in [-0.25, -0.2) is 0 Å². The van der Waals surface area contributed by atoms with Gasteiger partial charge in [-0.05, 0) is 79.7 Å². The first kappa shape index (κ1) is 23.9. The Labute approximate surface area is 253 Å². The normalized spacial score (nSPS) is 12.3. The van der Waals surface area contributed by atoms with E-state index in [1.165, 1.54) is 81.3 Å². The molecule has 0 aliphatic carbocycles. The van der Waals surface area contributed by atoms with Crippen LogP contribution in [0.25, 0.3) is 97.9 Å². The van der Waals surface area contributed by atoms with E-state index in [0.29, 0.717) is 0 Å². The quantitative estimate of drug-likeness (QED) is 0.197. The summed E-state index contributed by atoms with van der Waals surface area (Å²) in [5.74, 6) is 0. The minimum Gasteiger partial charge on any atom is -0.252 e. The molecular weight excluding hydrogens is 532 g/mol. The van der Waals surface area contributed by atoms with Gasteiger partial charge >= 0.3 is 0 Å². The maximum absolute atomic E-state index is 5.27. The zero-order valence-electron chi connectivity index (χ0n) is 24.4. The summed E-state index contributed by atoms with van der Waals surface area (Å²) in [6.07, 6.45) is 0. The summed E-state index contributed by atoms with van der Waals surface area (Å²) in [4.78, 5) is 10.2. The monoisotopic (exact) mass is 558 g/mol. The Morgan fingerprint density at radius 1 is 0.341 bits per heavy atom. The molecule has 2 heteroatoms. The molecule has 10 aromatic rings. The first-order chi connectivity index (χ1) is 21.7. The van der Waals surface area contributed by atoms with E-state index in [9.17, 15) is 0 Å². The van der Waals surface area contributed by atoms with Gasteiger partial charge in [0.15, 0.2) is 0 Å². The number of hydrogen-bond donors (Lipinski definition) is 0. The van der Waals surface area contributed by atoms with Crippen LogP contribution in [0, 0.1) is 13.8 Å². The Kier molecular flexibility index (Phi) is 4.61. The zero-order chi connectivity index (χ0) is 29.1. The number of pyridine rings is 2. The van der Waals surface area contributed by atoms with Crippen LogP contribution >= 0.6 is 0 Å². The summed E-state index contributed by atoms with van der Waals surface area (Å²) in [6.45, 7) is 4.23. The van der Waals surface area contributed by atoms with Crippen molar-refractivity contribution in [3.8, 4) is 22.3 Å². The Balaban J connectivity index is 1.28. The smallest absolute Gasteiger partial charge is 0.0797 e. The molecule has 0 saturated heterocycles. The van der Waals surface area contributed by atoms with Crippen molar-refractivity contribution in [2.24, 2.45) is 0 Å². The Morgan fingerprint density at radius 2 is 0.864 bits per heavy atom. The highest BCUT2D eigenvalue weighted by Crippen LogP contribution is 2.45. The number of nitrogens with zero attached hydrogens (tertiary/aromatic N) is 2. The molecule has 2 aromatic heterocycles. The first-order valence-corrected chi connectivity index (χ1v) is 15.3. The second-order valence-electron chi connectivity index (χ2n) is 12.2. The minimum atomic E-state index is 1.04. The van der Waals surface area contributed by atoms with Gasteiger partial charge in [0.05, 0.1) is 11.0 Å². The molecule has 0 spiro atoms. The van der Waals surface area contributed by atoms with Gasteiger partial charge in [-0.1, -0.05) is 115 Å². The van der Waals surface area contributed by atoms with Crippen molar-refractivity contribution in [1.82, 2.24) is 9.97 Å². The Morgan fingerprint density at radius 3 is 1.66 bits per heavy atom. The van der Waals surface area contributed by atoms with E-state index < -0.39 is 0 Å². The topological polar surface area (TPSA) is 25.8 Å². The van der Waals surface area contributed by atoms with Crippen LogP contribution in [-0.4, -0.2) is 9.97 Å². The van der Waals surface area contributed by atoms with Gasteiger partial charge in [-0.15, -0.1) is 0 Å². The lowest BCUT2D eigenvalue weighted by atomic mass is 9.86. The highest BCUT2D eigenvalue weighted by Gasteiger charge is 2.20. The van der Waals surface area contributed by atoms with Crippen LogP contribution in [0.1, 0.15) is 11.4 Å². The molecule has 0 aliphatic rings. The molecule has 0 saturated carbocycles. The highest BCUT2D eigenvalue weighted by atomic mass is 14.7. The molecular formula is C42H26N2. The van der Waals surface area contributed by atoms with E-state index in [1.807, 2.05) is 0 Å². The van der Waals surface area contributed by atoms with Gasteiger partial charge in [-0.2, -0.15) is 0 Å². The van der Waals surface area contributed by atoms with Crippen molar-refractivity contribution in [2.45, 2.75) is 13.8 Å². The predicted octanol–water partition coefficient (Wildman–Crippen LogP) is 11.4. The number of aromatic nitrogens is 2. The molecule has 0 atom stereocenters. The molecule has 0 unspecified atom stereocenters. The van der Waals surface area contributed by atoms with Crippen molar-refractivity contribution in [1.29, 1.82) is 0 Å². The van der Waals surface area contributed by atoms with Gasteiger partial charge < -0.3 is 0 Å². The third-order valence-electron chi connectivity index (χ3n) is 9.85. The van der Waals surface area contributed by atoms with Crippen molar-refractivity contribution < 1.29 is 0 Å². The zero-order valence-corrected chi connectivity index (χ0v) is 24.4. The van der Waals surface area contributed by atoms with Gasteiger partial charge in [0.25, 0.3) is 0 Å². The average molecular weight is 559 g/mol. The maximum Gasteiger partial charge on any atom is 0.0797 e. The van der Waals surface area contributed by atoms with Crippen LogP contribution in [0.15, 0.2) is 121 Å². The van der Waals surface area contributed by atoms with Gasteiger partial charge in [0, 0.05) is 38.5 Å². The summed E-state index contributed by atoms with van der Waals surface area (Å²) >= 11 is 0. The fourth-order valence-corrected chi connectivity index (χ4v) is 7.88. The summed E-state index contributed by atoms with van der Waals surface area (Å²) in [5, 5.41) is 15.1. The van der Waals surface area contributed by atoms with Gasteiger partial charge in [0.1, 0.15) is 0 Å². The summed E-state index contributed by atoms with van der Waals surface area (Å²) in [7, 11) is 0. The van der Waals surface area contributed by atoms with Gasteiger partial charge in [-0.3, -0.25) is 9.97 Å². The summed E-state index contributed by atoms with van der Waals surface area (Å²) in [6, 6.07) is 44.7. The lowest BCUT2D eigenvalue weighted by Gasteiger charge is -2.19. The number of rotatable bonds is 2. The van der Waals surface area contributed by atoms with Gasteiger partial charge in [0.2, 0.25) is 0 Å². The predicted molar refractivity (Wildman–Crippen MR) is 187 cm³/mol. The second kappa shape index (κ2) is 8.49. The van der Waals surface area contributed by atoms with Crippen molar-refractivity contribution >= 4 is 75.7 Å². The molecule has 10 rings (SSSR count). The number of aryl methyl sites for hydroxylation is 2. The molecule has 0 aliphatic heterocycles. The van der Waals surface area contributed by atoms with Crippen LogP contribution < -0.4 is 0 Å². The molecule has 2 nitrogen and oxygen atoms in total. The van der Waals surface area contributed by atoms with E-state index >= 15 is 0 Å². The van der Waals surface area contributed by atoms with Crippen LogP contribution in [0.5, 0.6) is 0 Å². The fraction of sp³-hybridized carbons (Fsp3) is 0.0476. The molecule has 0 amide bonds. The minimum absolute atomic E-state index is 1.04. The lowest BCUT2D eigenvalue weighted by Crippen LogP contribution is -1.97. The summed E-state index contributed by atoms with van der Waals surface area (Å²) < 4.78 is 0. The fourth-order valence-electron chi connectivity index (χ4n) is 7.88. The van der Waals surface area contributed by atoms with Crippen molar-refractivity contribution in [2.75, 3.05) is 0 Å². The molecule has 2 heterocycles. The largest absolute Gasteiger partial charge is 0.252 e. The molecule has 0 radical (unpaired) electrons.